The number of carbonyl (C=O) groups is 2. The van der Waals surface area contributed by atoms with E-state index in [1.54, 1.807) is 4.90 Å². The number of amides is 2. The van der Waals surface area contributed by atoms with Gasteiger partial charge in [0.15, 0.2) is 11.5 Å². The Kier molecular flexibility index (Phi) is 4.04. The van der Waals surface area contributed by atoms with E-state index in [0.717, 1.165) is 37.2 Å². The van der Waals surface area contributed by atoms with E-state index in [1.165, 1.54) is 6.42 Å². The van der Waals surface area contributed by atoms with Crippen molar-refractivity contribution in [2.24, 2.45) is 0 Å². The van der Waals surface area contributed by atoms with Gasteiger partial charge in [0.1, 0.15) is 6.04 Å². The minimum Gasteiger partial charge on any atom is -0.454 e. The van der Waals surface area contributed by atoms with Crippen LogP contribution in [0.4, 0.5) is 0 Å². The van der Waals surface area contributed by atoms with E-state index < -0.39 is 0 Å². The van der Waals surface area contributed by atoms with Crippen molar-refractivity contribution in [3.63, 3.8) is 0 Å². The number of piperidine rings is 1. The van der Waals surface area contributed by atoms with E-state index in [0.29, 0.717) is 25.1 Å². The summed E-state index contributed by atoms with van der Waals surface area (Å²) in [6.07, 6.45) is 4.39. The summed E-state index contributed by atoms with van der Waals surface area (Å²) in [6.45, 7) is 2.32. The summed E-state index contributed by atoms with van der Waals surface area (Å²) in [5.41, 5.74) is 0.964. The summed E-state index contributed by atoms with van der Waals surface area (Å²) < 4.78 is 10.7. The molecule has 0 aliphatic carbocycles. The van der Waals surface area contributed by atoms with Crippen molar-refractivity contribution in [3.8, 4) is 11.5 Å². The molecular weight excluding hydrogens is 308 g/mol. The summed E-state index contributed by atoms with van der Waals surface area (Å²) in [6, 6.07) is 5.37. The lowest BCUT2D eigenvalue weighted by Gasteiger charge is -2.32. The number of likely N-dealkylation sites (tertiary alicyclic amines) is 2. The maximum absolute atomic E-state index is 12.8. The number of nitrogens with zero attached hydrogens (tertiary/aromatic N) is 2. The first-order valence-electron chi connectivity index (χ1n) is 8.69. The Morgan fingerprint density at radius 3 is 2.75 bits per heavy atom. The van der Waals surface area contributed by atoms with Gasteiger partial charge in [0.25, 0.3) is 0 Å². The Morgan fingerprint density at radius 1 is 1.12 bits per heavy atom. The predicted molar refractivity (Wildman–Crippen MR) is 86.6 cm³/mol. The molecule has 3 heterocycles. The molecule has 6 nitrogen and oxygen atoms in total. The molecule has 2 saturated heterocycles. The third-order valence-corrected chi connectivity index (χ3v) is 5.07. The van der Waals surface area contributed by atoms with Crippen LogP contribution < -0.4 is 9.47 Å². The van der Waals surface area contributed by atoms with Gasteiger partial charge in [-0.2, -0.15) is 0 Å². The second kappa shape index (κ2) is 6.34. The molecule has 4 rings (SSSR count). The van der Waals surface area contributed by atoms with Crippen LogP contribution in [0.15, 0.2) is 18.2 Å². The number of carbonyl (C=O) groups excluding carboxylic acids is 2. The lowest BCUT2D eigenvalue weighted by atomic mass is 10.1. The minimum absolute atomic E-state index is 0.0584. The van der Waals surface area contributed by atoms with Crippen LogP contribution in [0, 0.1) is 0 Å². The molecule has 2 amide bonds. The molecule has 1 aromatic carbocycles. The maximum Gasteiger partial charge on any atom is 0.245 e. The number of hydrogen-bond acceptors (Lipinski definition) is 4. The van der Waals surface area contributed by atoms with Crippen LogP contribution in [-0.4, -0.2) is 47.5 Å². The van der Waals surface area contributed by atoms with Crippen LogP contribution in [0.2, 0.25) is 0 Å². The lowest BCUT2D eigenvalue weighted by Crippen LogP contribution is -2.48. The quantitative estimate of drug-likeness (QED) is 0.849. The highest BCUT2D eigenvalue weighted by Gasteiger charge is 2.38. The molecule has 0 radical (unpaired) electrons. The summed E-state index contributed by atoms with van der Waals surface area (Å²) in [5, 5.41) is 0. The fourth-order valence-electron chi connectivity index (χ4n) is 3.75. The SMILES string of the molecule is O=C(C1CCC(=O)N1Cc1ccc2c(c1)OCO2)N1CCCCC1. The number of ether oxygens (including phenoxy) is 2. The van der Waals surface area contributed by atoms with Gasteiger partial charge < -0.3 is 19.3 Å². The van der Waals surface area contributed by atoms with Crippen LogP contribution in [0.3, 0.4) is 0 Å². The van der Waals surface area contributed by atoms with Gasteiger partial charge in [0, 0.05) is 26.1 Å². The van der Waals surface area contributed by atoms with Crippen molar-refractivity contribution < 1.29 is 19.1 Å². The van der Waals surface area contributed by atoms with Crippen LogP contribution in [0.25, 0.3) is 0 Å². The molecular formula is C18H22N2O4. The summed E-state index contributed by atoms with van der Waals surface area (Å²) >= 11 is 0. The first-order valence-corrected chi connectivity index (χ1v) is 8.69. The van der Waals surface area contributed by atoms with Crippen LogP contribution in [-0.2, 0) is 16.1 Å². The Balaban J connectivity index is 1.49. The molecule has 128 valence electrons. The zero-order valence-corrected chi connectivity index (χ0v) is 13.7. The Labute approximate surface area is 141 Å². The topological polar surface area (TPSA) is 59.1 Å². The zero-order chi connectivity index (χ0) is 16.5. The van der Waals surface area contributed by atoms with E-state index in [1.807, 2.05) is 23.1 Å². The number of rotatable bonds is 3. The highest BCUT2D eigenvalue weighted by molar-refractivity contribution is 5.91. The van der Waals surface area contributed by atoms with E-state index in [4.69, 9.17) is 9.47 Å². The van der Waals surface area contributed by atoms with Crippen LogP contribution in [0.1, 0.15) is 37.7 Å². The highest BCUT2D eigenvalue weighted by atomic mass is 16.7. The van der Waals surface area contributed by atoms with Crippen molar-refractivity contribution in [2.45, 2.75) is 44.7 Å². The number of hydrogen-bond donors (Lipinski definition) is 0. The molecule has 1 unspecified atom stereocenters. The van der Waals surface area contributed by atoms with E-state index in [-0.39, 0.29) is 24.6 Å². The zero-order valence-electron chi connectivity index (χ0n) is 13.7. The Hall–Kier alpha value is -2.24. The molecule has 6 heteroatoms. The summed E-state index contributed by atoms with van der Waals surface area (Å²) in [4.78, 5) is 28.8. The van der Waals surface area contributed by atoms with Gasteiger partial charge in [0.05, 0.1) is 0 Å². The second-order valence-corrected chi connectivity index (χ2v) is 6.65. The largest absolute Gasteiger partial charge is 0.454 e. The van der Waals surface area contributed by atoms with Crippen molar-refractivity contribution in [2.75, 3.05) is 19.9 Å². The summed E-state index contributed by atoms with van der Waals surface area (Å²) in [7, 11) is 0. The molecule has 1 atom stereocenters. The van der Waals surface area contributed by atoms with E-state index in [2.05, 4.69) is 0 Å². The average Bonchev–Trinajstić information content (AvgIpc) is 3.22. The molecule has 0 aromatic heterocycles. The van der Waals surface area contributed by atoms with Crippen molar-refractivity contribution in [1.82, 2.24) is 9.80 Å². The van der Waals surface area contributed by atoms with E-state index in [9.17, 15) is 9.59 Å². The van der Waals surface area contributed by atoms with Crippen molar-refractivity contribution >= 4 is 11.8 Å². The first-order chi connectivity index (χ1) is 11.7. The monoisotopic (exact) mass is 330 g/mol. The molecule has 0 bridgehead atoms. The minimum atomic E-state index is -0.318. The molecule has 3 aliphatic heterocycles. The lowest BCUT2D eigenvalue weighted by molar-refractivity contribution is -0.142. The number of fused-ring (bicyclic) bond motifs is 1. The normalized spacial score (nSPS) is 23.0. The van der Waals surface area contributed by atoms with Gasteiger partial charge in [-0.25, -0.2) is 0 Å². The maximum atomic E-state index is 12.8. The van der Waals surface area contributed by atoms with Gasteiger partial charge >= 0.3 is 0 Å². The highest BCUT2D eigenvalue weighted by Crippen LogP contribution is 2.33. The van der Waals surface area contributed by atoms with Crippen molar-refractivity contribution in [1.29, 1.82) is 0 Å². The third kappa shape index (κ3) is 2.81. The molecule has 3 aliphatic rings. The number of benzene rings is 1. The predicted octanol–water partition coefficient (Wildman–Crippen LogP) is 1.92. The molecule has 0 N–H and O–H groups in total. The van der Waals surface area contributed by atoms with Gasteiger partial charge in [-0.1, -0.05) is 6.07 Å². The van der Waals surface area contributed by atoms with Gasteiger partial charge in [-0.15, -0.1) is 0 Å². The fraction of sp³-hybridized carbons (Fsp3) is 0.556. The van der Waals surface area contributed by atoms with Crippen molar-refractivity contribution in [3.05, 3.63) is 23.8 Å². The Bertz CT molecular complexity index is 654. The van der Waals surface area contributed by atoms with Gasteiger partial charge in [-0.05, 0) is 43.4 Å². The first kappa shape index (κ1) is 15.3. The molecule has 24 heavy (non-hydrogen) atoms. The fourth-order valence-corrected chi connectivity index (χ4v) is 3.75. The van der Waals surface area contributed by atoms with E-state index >= 15 is 0 Å². The molecule has 1 aromatic rings. The second-order valence-electron chi connectivity index (χ2n) is 6.65. The summed E-state index contributed by atoms with van der Waals surface area (Å²) in [5.74, 6) is 1.61. The van der Waals surface area contributed by atoms with Gasteiger partial charge in [-0.3, -0.25) is 9.59 Å². The molecule has 0 spiro atoms. The molecule has 0 saturated carbocycles. The smallest absolute Gasteiger partial charge is 0.245 e. The standard InChI is InChI=1S/C18H22N2O4/c21-17-7-5-14(18(22)19-8-2-1-3-9-19)20(17)11-13-4-6-15-16(10-13)24-12-23-15/h4,6,10,14H,1-3,5,7-9,11-12H2. The van der Waals surface area contributed by atoms with Crippen LogP contribution in [0.5, 0.6) is 11.5 Å². The Morgan fingerprint density at radius 2 is 1.92 bits per heavy atom. The van der Waals surface area contributed by atoms with Crippen LogP contribution >= 0.6 is 0 Å². The average molecular weight is 330 g/mol. The van der Waals surface area contributed by atoms with Gasteiger partial charge in [0.2, 0.25) is 18.6 Å². The molecule has 2 fully saturated rings. The third-order valence-electron chi connectivity index (χ3n) is 5.07.